The van der Waals surface area contributed by atoms with Crippen LogP contribution in [0.2, 0.25) is 0 Å². The van der Waals surface area contributed by atoms with Gasteiger partial charge in [-0.2, -0.15) is 5.10 Å². The summed E-state index contributed by atoms with van der Waals surface area (Å²) in [5.41, 5.74) is 7.49. The number of rotatable bonds is 11. The third-order valence-corrected chi connectivity index (χ3v) is 6.17. The molecule has 1 heterocycles. The molecule has 0 spiro atoms. The molecular formula is C24H32N8O2S. The molecule has 0 saturated carbocycles. The summed E-state index contributed by atoms with van der Waals surface area (Å²) in [4.78, 5) is 35.4. The van der Waals surface area contributed by atoms with E-state index in [0.717, 1.165) is 27.4 Å². The highest BCUT2D eigenvalue weighted by Gasteiger charge is 2.16. The first-order valence-corrected chi connectivity index (χ1v) is 11.9. The van der Waals surface area contributed by atoms with Crippen LogP contribution in [0, 0.1) is 0 Å². The van der Waals surface area contributed by atoms with Gasteiger partial charge in [0.05, 0.1) is 6.04 Å². The smallest absolute Gasteiger partial charge is 0.270 e. The second-order valence-electron chi connectivity index (χ2n) is 7.39. The van der Waals surface area contributed by atoms with Crippen LogP contribution in [0.1, 0.15) is 65.3 Å². The van der Waals surface area contributed by atoms with Gasteiger partial charge in [-0.3, -0.25) is 9.59 Å². The number of carbonyl (C=O) groups excluding carboxylic acids is 2. The predicted octanol–water partition coefficient (Wildman–Crippen LogP) is 2.60. The minimum Gasteiger partial charge on any atom is -0.346 e. The summed E-state index contributed by atoms with van der Waals surface area (Å²) in [6.45, 7) is 10.1. The van der Waals surface area contributed by atoms with E-state index in [2.05, 4.69) is 43.1 Å². The van der Waals surface area contributed by atoms with Crippen molar-refractivity contribution in [2.75, 3.05) is 13.6 Å². The van der Waals surface area contributed by atoms with Gasteiger partial charge in [0, 0.05) is 30.1 Å². The maximum atomic E-state index is 12.8. The van der Waals surface area contributed by atoms with Crippen LogP contribution in [0.5, 0.6) is 0 Å². The molecule has 6 N–H and O–H groups in total. The second-order valence-corrected chi connectivity index (χ2v) is 8.70. The fraction of sp³-hybridized carbons (Fsp3) is 0.292. The summed E-state index contributed by atoms with van der Waals surface area (Å²) >= 11 is 1.54. The number of nitrogens with one attached hydrogen (secondary N) is 4. The zero-order chi connectivity index (χ0) is 25.8. The molecule has 1 aromatic heterocycles. The number of allylic oxidation sites excluding steroid dienone is 2. The highest BCUT2D eigenvalue weighted by Crippen LogP contribution is 2.25. The van der Waals surface area contributed by atoms with E-state index in [4.69, 9.17) is 5.84 Å². The molecule has 1 aromatic carbocycles. The largest absolute Gasteiger partial charge is 0.346 e. The Labute approximate surface area is 209 Å². The van der Waals surface area contributed by atoms with Gasteiger partial charge in [0.15, 0.2) is 5.84 Å². The van der Waals surface area contributed by atoms with Crippen LogP contribution in [0.15, 0.2) is 64.2 Å². The molecule has 0 radical (unpaired) electrons. The molecule has 0 bridgehead atoms. The molecule has 0 aliphatic rings. The van der Waals surface area contributed by atoms with E-state index in [1.54, 1.807) is 7.05 Å². The number of benzene rings is 1. The Hall–Kier alpha value is -3.70. The molecule has 10 nitrogen and oxygen atoms in total. The number of nitrogens with two attached hydrogens (primary N) is 1. The van der Waals surface area contributed by atoms with E-state index in [9.17, 15) is 9.59 Å². The molecule has 2 amide bonds. The average Bonchev–Trinajstić information content (AvgIpc) is 2.89. The first-order chi connectivity index (χ1) is 16.8. The fourth-order valence-electron chi connectivity index (χ4n) is 2.90. The van der Waals surface area contributed by atoms with E-state index in [1.807, 2.05) is 51.1 Å². The van der Waals surface area contributed by atoms with Crippen molar-refractivity contribution in [3.63, 3.8) is 0 Å². The third-order valence-electron chi connectivity index (χ3n) is 4.95. The van der Waals surface area contributed by atoms with Crippen LogP contribution in [0.3, 0.4) is 0 Å². The number of amides is 2. The number of hydrogen-bond acceptors (Lipinski definition) is 8. The first kappa shape index (κ1) is 27.5. The van der Waals surface area contributed by atoms with E-state index < -0.39 is 5.91 Å². The summed E-state index contributed by atoms with van der Waals surface area (Å²) < 4.78 is 0. The van der Waals surface area contributed by atoms with Gasteiger partial charge in [0.25, 0.3) is 11.8 Å². The lowest BCUT2D eigenvalue weighted by atomic mass is 10.1. The van der Waals surface area contributed by atoms with Crippen molar-refractivity contribution in [2.24, 2.45) is 10.9 Å². The van der Waals surface area contributed by atoms with Gasteiger partial charge in [0.2, 0.25) is 0 Å². The predicted molar refractivity (Wildman–Crippen MR) is 140 cm³/mol. The van der Waals surface area contributed by atoms with Crippen LogP contribution in [-0.2, 0) is 0 Å². The van der Waals surface area contributed by atoms with Gasteiger partial charge in [-0.05, 0) is 30.7 Å². The first-order valence-electron chi connectivity index (χ1n) is 11.1. The zero-order valence-corrected chi connectivity index (χ0v) is 21.2. The summed E-state index contributed by atoms with van der Waals surface area (Å²) in [7, 11) is 1.71. The molecule has 2 aromatic rings. The molecular weight excluding hydrogens is 464 g/mol. The van der Waals surface area contributed by atoms with Crippen LogP contribution >= 0.6 is 11.8 Å². The standard InChI is InChI=1S/C24H32N8O2S/c1-6-15(3)35-19(7-2)13-27-23(33)20-12-21(29-14-28-20)24(34)30-16(4)17-8-10-18(11-9-17)22(31-25)32-26-5/h7-12,14,16,26H,3,6,13,25H2,1-2,4-5H3,(H,27,33)(H,30,34)(H,31,32)/b19-7-. The van der Waals surface area contributed by atoms with Gasteiger partial charge in [-0.25, -0.2) is 15.4 Å². The van der Waals surface area contributed by atoms with Gasteiger partial charge in [-0.1, -0.05) is 55.6 Å². The SMILES string of the molecule is C=C(CC)S/C(=C\C)CNC(=O)c1cc(C(=O)NC(C)c2ccc(/C(=N/N)NNC)cc2)ncn1. The fourth-order valence-corrected chi connectivity index (χ4v) is 3.68. The Balaban J connectivity index is 2.02. The van der Waals surface area contributed by atoms with Gasteiger partial charge in [0.1, 0.15) is 17.7 Å². The highest BCUT2D eigenvalue weighted by atomic mass is 32.2. The topological polar surface area (TPSA) is 146 Å². The number of thioether (sulfide) groups is 1. The molecule has 1 atom stereocenters. The molecule has 11 heteroatoms. The summed E-state index contributed by atoms with van der Waals surface area (Å²) in [5.74, 6) is 5.08. The van der Waals surface area contributed by atoms with Crippen molar-refractivity contribution in [2.45, 2.75) is 33.2 Å². The van der Waals surface area contributed by atoms with E-state index in [-0.39, 0.29) is 23.3 Å². The van der Waals surface area contributed by atoms with Crippen molar-refractivity contribution in [1.82, 2.24) is 31.5 Å². The Bertz CT molecular complexity index is 1100. The minimum atomic E-state index is -0.414. The number of aromatic nitrogens is 2. The van der Waals surface area contributed by atoms with Crippen molar-refractivity contribution in [3.8, 4) is 0 Å². The van der Waals surface area contributed by atoms with E-state index >= 15 is 0 Å². The van der Waals surface area contributed by atoms with Gasteiger partial charge >= 0.3 is 0 Å². The maximum absolute atomic E-state index is 12.8. The molecule has 0 saturated heterocycles. The Morgan fingerprint density at radius 1 is 1.20 bits per heavy atom. The lowest BCUT2D eigenvalue weighted by molar-refractivity contribution is 0.0934. The summed E-state index contributed by atoms with van der Waals surface area (Å²) in [6.07, 6.45) is 3.98. The van der Waals surface area contributed by atoms with Crippen LogP contribution in [0.25, 0.3) is 0 Å². The Morgan fingerprint density at radius 3 is 2.43 bits per heavy atom. The number of nitrogens with zero attached hydrogens (tertiary/aromatic N) is 3. The van der Waals surface area contributed by atoms with Crippen molar-refractivity contribution >= 4 is 29.4 Å². The van der Waals surface area contributed by atoms with E-state index in [1.165, 1.54) is 24.2 Å². The number of amidine groups is 1. The molecule has 0 aliphatic carbocycles. The summed E-state index contributed by atoms with van der Waals surface area (Å²) in [6, 6.07) is 8.49. The molecule has 0 aliphatic heterocycles. The maximum Gasteiger partial charge on any atom is 0.270 e. The molecule has 1 unspecified atom stereocenters. The van der Waals surface area contributed by atoms with Gasteiger partial charge < -0.3 is 21.9 Å². The highest BCUT2D eigenvalue weighted by molar-refractivity contribution is 8.06. The van der Waals surface area contributed by atoms with Crippen LogP contribution in [0.4, 0.5) is 0 Å². The van der Waals surface area contributed by atoms with Crippen molar-refractivity contribution in [3.05, 3.63) is 81.6 Å². The molecule has 35 heavy (non-hydrogen) atoms. The van der Waals surface area contributed by atoms with Gasteiger partial charge in [-0.15, -0.1) is 0 Å². The normalized spacial score (nSPS) is 12.6. The number of carbonyl (C=O) groups is 2. The molecule has 0 fully saturated rings. The number of hydrazine groups is 1. The Morgan fingerprint density at radius 2 is 1.86 bits per heavy atom. The van der Waals surface area contributed by atoms with Crippen LogP contribution < -0.4 is 27.3 Å². The molecule has 186 valence electrons. The van der Waals surface area contributed by atoms with Crippen molar-refractivity contribution in [1.29, 1.82) is 0 Å². The zero-order valence-electron chi connectivity index (χ0n) is 20.4. The van der Waals surface area contributed by atoms with E-state index in [0.29, 0.717) is 12.4 Å². The minimum absolute atomic E-state index is 0.101. The monoisotopic (exact) mass is 496 g/mol. The summed E-state index contributed by atoms with van der Waals surface area (Å²) in [5, 5.41) is 9.40. The van der Waals surface area contributed by atoms with Crippen LogP contribution in [-0.4, -0.2) is 41.2 Å². The Kier molecular flexibility index (Phi) is 10.9. The number of hydrogen-bond donors (Lipinski definition) is 5. The lowest BCUT2D eigenvalue weighted by Gasteiger charge is -2.15. The lowest BCUT2D eigenvalue weighted by Crippen LogP contribution is -2.35. The van der Waals surface area contributed by atoms with Crippen molar-refractivity contribution < 1.29 is 9.59 Å². The molecule has 2 rings (SSSR count). The second kappa shape index (κ2) is 13.9. The average molecular weight is 497 g/mol. The quantitative estimate of drug-likeness (QED) is 0.138. The number of hydrazone groups is 1. The third kappa shape index (κ3) is 8.23.